The SMILES string of the molecule is FC(F)(F)c1cc([C@@H]2CCCN(CCCc3cn[nH]c3)C2)[nH]n1. The van der Waals surface area contributed by atoms with Crippen molar-refractivity contribution >= 4 is 0 Å². The van der Waals surface area contributed by atoms with Gasteiger partial charge >= 0.3 is 6.18 Å². The van der Waals surface area contributed by atoms with Gasteiger partial charge in [0.2, 0.25) is 0 Å². The van der Waals surface area contributed by atoms with Crippen molar-refractivity contribution in [1.82, 2.24) is 25.3 Å². The summed E-state index contributed by atoms with van der Waals surface area (Å²) in [5.41, 5.74) is 0.948. The van der Waals surface area contributed by atoms with Crippen molar-refractivity contribution < 1.29 is 13.2 Å². The van der Waals surface area contributed by atoms with E-state index >= 15 is 0 Å². The van der Waals surface area contributed by atoms with Crippen molar-refractivity contribution in [1.29, 1.82) is 0 Å². The molecule has 1 saturated heterocycles. The average Bonchev–Trinajstić information content (AvgIpc) is 3.18. The van der Waals surface area contributed by atoms with Gasteiger partial charge in [-0.2, -0.15) is 23.4 Å². The molecular formula is C15H20F3N5. The first-order valence-electron chi connectivity index (χ1n) is 7.85. The van der Waals surface area contributed by atoms with Crippen molar-refractivity contribution in [3.63, 3.8) is 0 Å². The zero-order chi connectivity index (χ0) is 16.3. The van der Waals surface area contributed by atoms with Crippen LogP contribution < -0.4 is 0 Å². The highest BCUT2D eigenvalue weighted by Crippen LogP contribution is 2.32. The van der Waals surface area contributed by atoms with Crippen LogP contribution in [0, 0.1) is 0 Å². The zero-order valence-corrected chi connectivity index (χ0v) is 12.7. The van der Waals surface area contributed by atoms with Crippen LogP contribution in [0.1, 0.15) is 42.1 Å². The predicted octanol–water partition coefficient (Wildman–Crippen LogP) is 2.96. The molecule has 8 heteroatoms. The summed E-state index contributed by atoms with van der Waals surface area (Å²) in [7, 11) is 0. The zero-order valence-electron chi connectivity index (χ0n) is 12.7. The van der Waals surface area contributed by atoms with Crippen molar-refractivity contribution in [2.45, 2.75) is 37.8 Å². The number of nitrogens with zero attached hydrogens (tertiary/aromatic N) is 3. The van der Waals surface area contributed by atoms with Crippen LogP contribution in [0.5, 0.6) is 0 Å². The number of aryl methyl sites for hydroxylation is 1. The lowest BCUT2D eigenvalue weighted by atomic mass is 9.94. The number of halogens is 3. The lowest BCUT2D eigenvalue weighted by molar-refractivity contribution is -0.141. The maximum Gasteiger partial charge on any atom is 0.435 e. The molecule has 5 nitrogen and oxygen atoms in total. The molecule has 126 valence electrons. The maximum atomic E-state index is 12.6. The molecule has 0 amide bonds. The summed E-state index contributed by atoms with van der Waals surface area (Å²) < 4.78 is 37.9. The third-order valence-electron chi connectivity index (χ3n) is 4.33. The average molecular weight is 327 g/mol. The van der Waals surface area contributed by atoms with Crippen molar-refractivity contribution in [2.75, 3.05) is 19.6 Å². The number of aromatic amines is 2. The van der Waals surface area contributed by atoms with Gasteiger partial charge in [0.15, 0.2) is 5.69 Å². The Hall–Kier alpha value is -1.83. The van der Waals surface area contributed by atoms with Gasteiger partial charge in [-0.15, -0.1) is 0 Å². The Labute approximate surface area is 132 Å². The molecule has 0 unspecified atom stereocenters. The number of likely N-dealkylation sites (tertiary alicyclic amines) is 1. The van der Waals surface area contributed by atoms with E-state index in [1.807, 2.05) is 12.4 Å². The second-order valence-electron chi connectivity index (χ2n) is 6.06. The summed E-state index contributed by atoms with van der Waals surface area (Å²) in [5.74, 6) is 0.0984. The molecule has 1 fully saturated rings. The van der Waals surface area contributed by atoms with Gasteiger partial charge < -0.3 is 4.90 Å². The predicted molar refractivity (Wildman–Crippen MR) is 78.9 cm³/mol. The van der Waals surface area contributed by atoms with E-state index in [9.17, 15) is 13.2 Å². The number of rotatable bonds is 5. The first kappa shape index (κ1) is 16.0. The van der Waals surface area contributed by atoms with Gasteiger partial charge in [-0.25, -0.2) is 0 Å². The highest BCUT2D eigenvalue weighted by atomic mass is 19.4. The van der Waals surface area contributed by atoms with E-state index in [0.29, 0.717) is 5.69 Å². The quantitative estimate of drug-likeness (QED) is 0.887. The molecule has 0 saturated carbocycles. The van der Waals surface area contributed by atoms with E-state index in [-0.39, 0.29) is 5.92 Å². The third-order valence-corrected chi connectivity index (χ3v) is 4.33. The number of aromatic nitrogens is 4. The van der Waals surface area contributed by atoms with Crippen molar-refractivity contribution in [3.8, 4) is 0 Å². The smallest absolute Gasteiger partial charge is 0.303 e. The van der Waals surface area contributed by atoms with Gasteiger partial charge in [0.05, 0.1) is 6.20 Å². The molecule has 2 N–H and O–H groups in total. The minimum Gasteiger partial charge on any atom is -0.303 e. The lowest BCUT2D eigenvalue weighted by Gasteiger charge is -2.32. The summed E-state index contributed by atoms with van der Waals surface area (Å²) in [5, 5.41) is 12.7. The topological polar surface area (TPSA) is 60.6 Å². The maximum absolute atomic E-state index is 12.6. The van der Waals surface area contributed by atoms with Crippen LogP contribution in [0.2, 0.25) is 0 Å². The Balaban J connectivity index is 1.52. The monoisotopic (exact) mass is 327 g/mol. The normalized spacial score (nSPS) is 20.0. The number of hydrogen-bond acceptors (Lipinski definition) is 3. The van der Waals surface area contributed by atoms with Crippen LogP contribution in [0.4, 0.5) is 13.2 Å². The first-order valence-corrected chi connectivity index (χ1v) is 7.85. The van der Waals surface area contributed by atoms with Crippen LogP contribution in [0.25, 0.3) is 0 Å². The Bertz CT molecular complexity index is 605. The summed E-state index contributed by atoms with van der Waals surface area (Å²) in [4.78, 5) is 2.32. The molecule has 2 aromatic heterocycles. The second kappa shape index (κ2) is 6.74. The van der Waals surface area contributed by atoms with E-state index < -0.39 is 11.9 Å². The molecule has 0 radical (unpaired) electrons. The van der Waals surface area contributed by atoms with E-state index in [1.54, 1.807) is 0 Å². The Kier molecular flexibility index (Phi) is 4.70. The molecule has 0 aromatic carbocycles. The largest absolute Gasteiger partial charge is 0.435 e. The fourth-order valence-electron chi connectivity index (χ4n) is 3.12. The molecule has 0 bridgehead atoms. The van der Waals surface area contributed by atoms with Crippen LogP contribution in [-0.2, 0) is 12.6 Å². The molecule has 1 aliphatic heterocycles. The fourth-order valence-corrected chi connectivity index (χ4v) is 3.12. The lowest BCUT2D eigenvalue weighted by Crippen LogP contribution is -2.35. The van der Waals surface area contributed by atoms with Crippen LogP contribution in [0.15, 0.2) is 18.5 Å². The molecular weight excluding hydrogens is 307 g/mol. The molecule has 23 heavy (non-hydrogen) atoms. The standard InChI is InChI=1S/C15H20F3N5/c16-15(17,18)14-7-13(21-22-14)12-4-2-6-23(10-12)5-1-3-11-8-19-20-9-11/h7-9,12H,1-6,10H2,(H,19,20)(H,21,22)/t12-/m1/s1. The van der Waals surface area contributed by atoms with Gasteiger partial charge in [-0.05, 0) is 50.4 Å². The Morgan fingerprint density at radius 3 is 2.91 bits per heavy atom. The van der Waals surface area contributed by atoms with Gasteiger partial charge in [0.25, 0.3) is 0 Å². The number of alkyl halides is 3. The first-order chi connectivity index (χ1) is 11.0. The molecule has 2 aromatic rings. The summed E-state index contributed by atoms with van der Waals surface area (Å²) in [6, 6.07) is 1.15. The minimum atomic E-state index is -4.38. The second-order valence-corrected chi connectivity index (χ2v) is 6.06. The minimum absolute atomic E-state index is 0.0984. The third kappa shape index (κ3) is 4.13. The van der Waals surface area contributed by atoms with E-state index in [2.05, 4.69) is 25.3 Å². The molecule has 1 atom stereocenters. The van der Waals surface area contributed by atoms with Gasteiger partial charge in [-0.3, -0.25) is 10.2 Å². The Morgan fingerprint density at radius 1 is 1.35 bits per heavy atom. The summed E-state index contributed by atoms with van der Waals surface area (Å²) >= 11 is 0. The Morgan fingerprint density at radius 2 is 2.22 bits per heavy atom. The summed E-state index contributed by atoms with van der Waals surface area (Å²) in [6.07, 6.45) is 3.20. The van der Waals surface area contributed by atoms with Crippen LogP contribution in [-0.4, -0.2) is 44.9 Å². The molecule has 3 heterocycles. The van der Waals surface area contributed by atoms with E-state index in [1.165, 1.54) is 5.56 Å². The van der Waals surface area contributed by atoms with Crippen molar-refractivity contribution in [2.24, 2.45) is 0 Å². The molecule has 0 aliphatic carbocycles. The van der Waals surface area contributed by atoms with E-state index in [0.717, 1.165) is 51.4 Å². The molecule has 0 spiro atoms. The fraction of sp³-hybridized carbons (Fsp3) is 0.600. The number of hydrogen-bond donors (Lipinski definition) is 2. The number of piperidine rings is 1. The van der Waals surface area contributed by atoms with Crippen molar-refractivity contribution in [3.05, 3.63) is 35.4 Å². The highest BCUT2D eigenvalue weighted by Gasteiger charge is 2.35. The van der Waals surface area contributed by atoms with Crippen LogP contribution >= 0.6 is 0 Å². The van der Waals surface area contributed by atoms with Gasteiger partial charge in [0, 0.05) is 24.4 Å². The highest BCUT2D eigenvalue weighted by molar-refractivity contribution is 5.16. The molecule has 3 rings (SSSR count). The number of H-pyrrole nitrogens is 2. The van der Waals surface area contributed by atoms with Crippen LogP contribution in [0.3, 0.4) is 0 Å². The molecule has 1 aliphatic rings. The van der Waals surface area contributed by atoms with E-state index in [4.69, 9.17) is 0 Å². The summed E-state index contributed by atoms with van der Waals surface area (Å²) in [6.45, 7) is 2.73. The van der Waals surface area contributed by atoms with Gasteiger partial charge in [0.1, 0.15) is 0 Å². The van der Waals surface area contributed by atoms with Gasteiger partial charge in [-0.1, -0.05) is 0 Å². The number of nitrogens with one attached hydrogen (secondary N) is 2.